The Hall–Kier alpha value is -0.890. The van der Waals surface area contributed by atoms with Gasteiger partial charge in [0.15, 0.2) is 0 Å². The molecular formula is C13H15IN2O3. The van der Waals surface area contributed by atoms with Gasteiger partial charge < -0.3 is 14.7 Å². The Morgan fingerprint density at radius 2 is 2.47 bits per heavy atom. The number of rotatable bonds is 0. The Morgan fingerprint density at radius 1 is 1.68 bits per heavy atom. The van der Waals surface area contributed by atoms with Gasteiger partial charge in [-0.05, 0) is 12.5 Å². The van der Waals surface area contributed by atoms with Gasteiger partial charge in [0.05, 0.1) is 16.2 Å². The van der Waals surface area contributed by atoms with Gasteiger partial charge in [-0.2, -0.15) is 0 Å². The molecule has 0 bridgehead atoms. The lowest BCUT2D eigenvalue weighted by Gasteiger charge is -2.41. The van der Waals surface area contributed by atoms with Crippen LogP contribution in [0.1, 0.15) is 23.2 Å². The van der Waals surface area contributed by atoms with Crippen LogP contribution in [0.3, 0.4) is 0 Å². The van der Waals surface area contributed by atoms with E-state index in [-0.39, 0.29) is 3.92 Å². The first-order chi connectivity index (χ1) is 9.03. The maximum atomic E-state index is 11.1. The lowest BCUT2D eigenvalue weighted by Crippen LogP contribution is -2.52. The summed E-state index contributed by atoms with van der Waals surface area (Å²) in [6.45, 7) is 3.60. The van der Waals surface area contributed by atoms with Crippen LogP contribution in [0.15, 0.2) is 12.3 Å². The number of hydrogen-bond donors (Lipinski definition) is 1. The first-order valence-corrected chi connectivity index (χ1v) is 7.49. The number of carbonyl (C=O) groups is 1. The highest BCUT2D eigenvalue weighted by atomic mass is 127. The predicted octanol–water partition coefficient (Wildman–Crippen LogP) is 2.30. The summed E-state index contributed by atoms with van der Waals surface area (Å²) in [5, 5.41) is 9.09. The molecule has 1 saturated heterocycles. The van der Waals surface area contributed by atoms with Crippen molar-refractivity contribution in [1.29, 1.82) is 0 Å². The first-order valence-electron chi connectivity index (χ1n) is 6.25. The number of pyridine rings is 1. The molecule has 2 aliphatic heterocycles. The zero-order valence-corrected chi connectivity index (χ0v) is 12.8. The van der Waals surface area contributed by atoms with Crippen LogP contribution in [0.25, 0.3) is 0 Å². The molecule has 2 aliphatic rings. The van der Waals surface area contributed by atoms with Crippen molar-refractivity contribution in [2.24, 2.45) is 0 Å². The van der Waals surface area contributed by atoms with Crippen LogP contribution in [-0.4, -0.2) is 38.1 Å². The van der Waals surface area contributed by atoms with Crippen molar-refractivity contribution < 1.29 is 14.6 Å². The lowest BCUT2D eigenvalue weighted by molar-refractivity contribution is -0.0678. The molecule has 3 rings (SSSR count). The highest BCUT2D eigenvalue weighted by molar-refractivity contribution is 14.1. The third-order valence-corrected chi connectivity index (χ3v) is 5.30. The molecule has 0 aromatic carbocycles. The van der Waals surface area contributed by atoms with E-state index in [0.717, 1.165) is 16.8 Å². The Labute approximate surface area is 125 Å². The highest BCUT2D eigenvalue weighted by Crippen LogP contribution is 2.46. The first kappa shape index (κ1) is 13.1. The van der Waals surface area contributed by atoms with Crippen LogP contribution in [0.2, 0.25) is 0 Å². The summed E-state index contributed by atoms with van der Waals surface area (Å²) >= 11 is 2.30. The normalized spacial score (nSPS) is 29.6. The molecule has 102 valence electrons. The number of carboxylic acid groups (broad SMARTS) is 1. The average Bonchev–Trinajstić information content (AvgIpc) is 2.72. The number of piperidine rings is 1. The van der Waals surface area contributed by atoms with E-state index in [9.17, 15) is 4.79 Å². The van der Waals surface area contributed by atoms with E-state index in [1.54, 1.807) is 0 Å². The van der Waals surface area contributed by atoms with Gasteiger partial charge in [-0.15, -0.1) is 0 Å². The summed E-state index contributed by atoms with van der Waals surface area (Å²) in [6.07, 6.45) is 1.68. The van der Waals surface area contributed by atoms with Crippen LogP contribution in [0.4, 0.5) is 4.79 Å². The quantitative estimate of drug-likeness (QED) is 0.559. The number of hydrogen-bond acceptors (Lipinski definition) is 3. The number of likely N-dealkylation sites (tertiary alicyclic amines) is 1. The molecule has 1 aromatic heterocycles. The fourth-order valence-corrected chi connectivity index (χ4v) is 4.15. The van der Waals surface area contributed by atoms with E-state index in [4.69, 9.17) is 9.84 Å². The van der Waals surface area contributed by atoms with Crippen LogP contribution in [0, 0.1) is 6.92 Å². The summed E-state index contributed by atoms with van der Waals surface area (Å²) in [6, 6.07) is 2.12. The zero-order valence-electron chi connectivity index (χ0n) is 10.6. The number of nitrogens with zero attached hydrogens (tertiary/aromatic N) is 2. The van der Waals surface area contributed by atoms with Gasteiger partial charge in [-0.3, -0.25) is 4.98 Å². The summed E-state index contributed by atoms with van der Waals surface area (Å²) < 4.78 is 6.15. The second kappa shape index (κ2) is 4.59. The Balaban J connectivity index is 1.93. The van der Waals surface area contributed by atoms with Gasteiger partial charge in [0.2, 0.25) is 0 Å². The van der Waals surface area contributed by atoms with E-state index < -0.39 is 11.7 Å². The topological polar surface area (TPSA) is 62.7 Å². The molecule has 1 N–H and O–H groups in total. The van der Waals surface area contributed by atoms with Gasteiger partial charge in [-0.25, -0.2) is 4.79 Å². The maximum absolute atomic E-state index is 11.1. The van der Waals surface area contributed by atoms with Crippen LogP contribution in [0.5, 0.6) is 0 Å². The average molecular weight is 374 g/mol. The molecule has 0 radical (unpaired) electrons. The van der Waals surface area contributed by atoms with Crippen molar-refractivity contribution in [2.45, 2.75) is 29.5 Å². The minimum Gasteiger partial charge on any atom is -0.465 e. The van der Waals surface area contributed by atoms with Crippen LogP contribution in [-0.2, 0) is 16.9 Å². The van der Waals surface area contributed by atoms with Gasteiger partial charge in [-0.1, -0.05) is 28.7 Å². The van der Waals surface area contributed by atoms with Crippen molar-refractivity contribution in [3.05, 3.63) is 29.1 Å². The summed E-state index contributed by atoms with van der Waals surface area (Å²) in [7, 11) is 0. The minimum atomic E-state index is -0.855. The number of aryl methyl sites for hydroxylation is 1. The fraction of sp³-hybridized carbons (Fsp3) is 0.538. The van der Waals surface area contributed by atoms with Crippen molar-refractivity contribution >= 4 is 28.7 Å². The maximum Gasteiger partial charge on any atom is 0.407 e. The molecule has 1 aromatic rings. The number of aromatic nitrogens is 1. The molecule has 5 nitrogen and oxygen atoms in total. The van der Waals surface area contributed by atoms with Crippen molar-refractivity contribution in [1.82, 2.24) is 9.88 Å². The Morgan fingerprint density at radius 3 is 3.16 bits per heavy atom. The molecule has 1 amide bonds. The van der Waals surface area contributed by atoms with Crippen molar-refractivity contribution in [3.8, 4) is 0 Å². The van der Waals surface area contributed by atoms with E-state index in [0.29, 0.717) is 26.1 Å². The Kier molecular flexibility index (Phi) is 3.17. The number of fused-ring (bicyclic) bond motifs is 2. The molecule has 19 heavy (non-hydrogen) atoms. The van der Waals surface area contributed by atoms with Crippen molar-refractivity contribution in [3.63, 3.8) is 0 Å². The number of amides is 1. The third-order valence-electron chi connectivity index (χ3n) is 3.90. The molecule has 0 aliphatic carbocycles. The highest BCUT2D eigenvalue weighted by Gasteiger charge is 2.50. The second-order valence-corrected chi connectivity index (χ2v) is 6.65. The van der Waals surface area contributed by atoms with E-state index >= 15 is 0 Å². The molecule has 2 atom stereocenters. The molecule has 1 fully saturated rings. The van der Waals surface area contributed by atoms with E-state index in [1.165, 1.54) is 4.90 Å². The SMILES string of the molecule is Cc1cnc2c(c1)COC21CCN(C(=O)O)CC1I. The molecule has 6 heteroatoms. The summed E-state index contributed by atoms with van der Waals surface area (Å²) in [4.78, 5) is 17.1. The standard InChI is InChI=1S/C13H15IN2O3/c1-8-4-9-7-19-13(11(9)15-5-8)2-3-16(12(17)18)6-10(13)14/h4-5,10H,2-3,6-7H2,1H3,(H,17,18). The monoisotopic (exact) mass is 374 g/mol. The molecule has 1 spiro atoms. The molecule has 2 unspecified atom stereocenters. The fourth-order valence-electron chi connectivity index (χ4n) is 2.89. The number of halogens is 1. The van der Waals surface area contributed by atoms with Crippen molar-refractivity contribution in [2.75, 3.05) is 13.1 Å². The lowest BCUT2D eigenvalue weighted by atomic mass is 9.87. The Bertz CT molecular complexity index is 537. The zero-order chi connectivity index (χ0) is 13.6. The van der Waals surface area contributed by atoms with E-state index in [1.807, 2.05) is 13.1 Å². The minimum absolute atomic E-state index is 0.0893. The van der Waals surface area contributed by atoms with Gasteiger partial charge in [0.25, 0.3) is 0 Å². The van der Waals surface area contributed by atoms with Gasteiger partial charge in [0.1, 0.15) is 5.60 Å². The second-order valence-electron chi connectivity index (χ2n) is 5.14. The number of ether oxygens (including phenoxy) is 1. The largest absolute Gasteiger partial charge is 0.465 e. The smallest absolute Gasteiger partial charge is 0.407 e. The predicted molar refractivity (Wildman–Crippen MR) is 77.5 cm³/mol. The molecule has 3 heterocycles. The molecular weight excluding hydrogens is 359 g/mol. The summed E-state index contributed by atoms with van der Waals surface area (Å²) in [5.41, 5.74) is 2.87. The molecule has 0 saturated carbocycles. The summed E-state index contributed by atoms with van der Waals surface area (Å²) in [5.74, 6) is 0. The number of alkyl halides is 1. The van der Waals surface area contributed by atoms with Gasteiger partial charge in [0, 0.05) is 31.3 Å². The van der Waals surface area contributed by atoms with E-state index in [2.05, 4.69) is 33.6 Å². The van der Waals surface area contributed by atoms with Crippen LogP contribution < -0.4 is 0 Å². The van der Waals surface area contributed by atoms with Gasteiger partial charge >= 0.3 is 6.09 Å². The van der Waals surface area contributed by atoms with Crippen LogP contribution >= 0.6 is 22.6 Å². The third kappa shape index (κ3) is 2.01.